The predicted octanol–water partition coefficient (Wildman–Crippen LogP) is 3.92. The van der Waals surface area contributed by atoms with E-state index in [1.807, 2.05) is 55.5 Å². The van der Waals surface area contributed by atoms with Crippen molar-refractivity contribution >= 4 is 0 Å². The van der Waals surface area contributed by atoms with Crippen LogP contribution in [-0.4, -0.2) is 5.11 Å². The fourth-order valence-corrected chi connectivity index (χ4v) is 1.79. The highest BCUT2D eigenvalue weighted by atomic mass is 16.5. The predicted molar refractivity (Wildman–Crippen MR) is 68.2 cm³/mol. The zero-order valence-corrected chi connectivity index (χ0v) is 9.84. The molecule has 1 atom stereocenters. The Morgan fingerprint density at radius 3 is 2.29 bits per heavy atom. The monoisotopic (exact) mass is 228 g/mol. The van der Waals surface area contributed by atoms with Crippen molar-refractivity contribution in [1.82, 2.24) is 0 Å². The van der Waals surface area contributed by atoms with E-state index in [1.54, 1.807) is 6.07 Å². The number of ether oxygens (including phenoxy) is 1. The molecule has 0 fully saturated rings. The summed E-state index contributed by atoms with van der Waals surface area (Å²) in [6, 6.07) is 17.0. The molecule has 17 heavy (non-hydrogen) atoms. The molecule has 0 saturated carbocycles. The van der Waals surface area contributed by atoms with Crippen LogP contribution in [0.1, 0.15) is 25.0 Å². The Morgan fingerprint density at radius 1 is 1.00 bits per heavy atom. The number of aromatic hydroxyl groups is 1. The fourth-order valence-electron chi connectivity index (χ4n) is 1.79. The second kappa shape index (κ2) is 5.39. The minimum Gasteiger partial charge on any atom is -0.508 e. The number of para-hydroxylation sites is 2. The molecule has 0 aliphatic carbocycles. The van der Waals surface area contributed by atoms with Gasteiger partial charge in [-0.05, 0) is 24.6 Å². The molecule has 2 heteroatoms. The Labute approximate surface area is 101 Å². The van der Waals surface area contributed by atoms with Crippen LogP contribution < -0.4 is 4.74 Å². The van der Waals surface area contributed by atoms with Gasteiger partial charge in [-0.15, -0.1) is 0 Å². The van der Waals surface area contributed by atoms with Gasteiger partial charge in [0.05, 0.1) is 0 Å². The highest BCUT2D eigenvalue weighted by Crippen LogP contribution is 2.30. The summed E-state index contributed by atoms with van der Waals surface area (Å²) >= 11 is 0. The first-order valence-electron chi connectivity index (χ1n) is 5.81. The van der Waals surface area contributed by atoms with Crippen molar-refractivity contribution < 1.29 is 9.84 Å². The Hall–Kier alpha value is -1.96. The maximum Gasteiger partial charge on any atom is 0.127 e. The van der Waals surface area contributed by atoms with Crippen LogP contribution >= 0.6 is 0 Å². The van der Waals surface area contributed by atoms with Crippen molar-refractivity contribution in [1.29, 1.82) is 0 Å². The molecular formula is C15H16O2. The lowest BCUT2D eigenvalue weighted by Gasteiger charge is -2.18. The summed E-state index contributed by atoms with van der Waals surface area (Å²) in [5.74, 6) is 1.11. The normalized spacial score (nSPS) is 12.1. The van der Waals surface area contributed by atoms with E-state index in [-0.39, 0.29) is 11.9 Å². The summed E-state index contributed by atoms with van der Waals surface area (Å²) in [6.45, 7) is 2.04. The molecule has 88 valence electrons. The van der Waals surface area contributed by atoms with E-state index in [9.17, 15) is 5.11 Å². The third-order valence-electron chi connectivity index (χ3n) is 2.68. The number of rotatable bonds is 4. The SMILES string of the molecule is CCC(Oc1ccccc1)c1ccccc1O. The van der Waals surface area contributed by atoms with Gasteiger partial charge in [-0.2, -0.15) is 0 Å². The molecule has 0 saturated heterocycles. The van der Waals surface area contributed by atoms with Crippen LogP contribution in [0.2, 0.25) is 0 Å². The maximum atomic E-state index is 9.81. The summed E-state index contributed by atoms with van der Waals surface area (Å²) in [5.41, 5.74) is 0.832. The summed E-state index contributed by atoms with van der Waals surface area (Å²) in [5, 5.41) is 9.81. The molecule has 2 aromatic rings. The van der Waals surface area contributed by atoms with Gasteiger partial charge in [-0.3, -0.25) is 0 Å². The van der Waals surface area contributed by atoms with Crippen LogP contribution in [0.5, 0.6) is 11.5 Å². The third-order valence-corrected chi connectivity index (χ3v) is 2.68. The first-order chi connectivity index (χ1) is 8.31. The molecule has 0 spiro atoms. The average Bonchev–Trinajstić information content (AvgIpc) is 2.38. The molecule has 0 radical (unpaired) electrons. The van der Waals surface area contributed by atoms with Gasteiger partial charge in [-0.1, -0.05) is 43.3 Å². The molecule has 0 bridgehead atoms. The van der Waals surface area contributed by atoms with Crippen LogP contribution in [0, 0.1) is 0 Å². The maximum absolute atomic E-state index is 9.81. The third kappa shape index (κ3) is 2.78. The molecule has 2 rings (SSSR count). The van der Waals surface area contributed by atoms with Crippen molar-refractivity contribution in [2.75, 3.05) is 0 Å². The van der Waals surface area contributed by atoms with Crippen LogP contribution in [0.15, 0.2) is 54.6 Å². The first-order valence-corrected chi connectivity index (χ1v) is 5.81. The molecule has 2 nitrogen and oxygen atoms in total. The number of phenolic OH excluding ortho intramolecular Hbond substituents is 1. The van der Waals surface area contributed by atoms with Gasteiger partial charge in [0, 0.05) is 5.56 Å². The molecule has 0 aliphatic heterocycles. The number of hydrogen-bond donors (Lipinski definition) is 1. The van der Waals surface area contributed by atoms with Gasteiger partial charge in [0.2, 0.25) is 0 Å². The lowest BCUT2D eigenvalue weighted by atomic mass is 10.1. The van der Waals surface area contributed by atoms with E-state index >= 15 is 0 Å². The summed E-state index contributed by atoms with van der Waals surface area (Å²) < 4.78 is 5.87. The van der Waals surface area contributed by atoms with Gasteiger partial charge in [0.15, 0.2) is 0 Å². The molecule has 0 heterocycles. The second-order valence-electron chi connectivity index (χ2n) is 3.89. The van der Waals surface area contributed by atoms with Crippen LogP contribution in [0.4, 0.5) is 0 Å². The van der Waals surface area contributed by atoms with Gasteiger partial charge in [0.25, 0.3) is 0 Å². The Balaban J connectivity index is 2.21. The Kier molecular flexibility index (Phi) is 3.66. The summed E-state index contributed by atoms with van der Waals surface area (Å²) in [6.07, 6.45) is 0.700. The fraction of sp³-hybridized carbons (Fsp3) is 0.200. The molecule has 0 amide bonds. The number of hydrogen-bond acceptors (Lipinski definition) is 2. The molecule has 1 unspecified atom stereocenters. The molecule has 0 aliphatic rings. The minimum absolute atomic E-state index is 0.112. The standard InChI is InChI=1S/C15H16O2/c1-2-15(13-10-6-7-11-14(13)16)17-12-8-4-3-5-9-12/h3-11,15-16H,2H2,1H3. The lowest BCUT2D eigenvalue weighted by molar-refractivity contribution is 0.197. The quantitative estimate of drug-likeness (QED) is 0.859. The van der Waals surface area contributed by atoms with Crippen molar-refractivity contribution in [3.8, 4) is 11.5 Å². The molecule has 0 aromatic heterocycles. The van der Waals surface area contributed by atoms with Crippen LogP contribution in [0.25, 0.3) is 0 Å². The summed E-state index contributed by atoms with van der Waals surface area (Å²) in [7, 11) is 0. The minimum atomic E-state index is -0.112. The van der Waals surface area contributed by atoms with E-state index in [2.05, 4.69) is 0 Å². The Bertz CT molecular complexity index is 465. The highest BCUT2D eigenvalue weighted by molar-refractivity contribution is 5.34. The average molecular weight is 228 g/mol. The molecule has 2 aromatic carbocycles. The molecule has 1 N–H and O–H groups in total. The van der Waals surface area contributed by atoms with E-state index in [0.717, 1.165) is 17.7 Å². The van der Waals surface area contributed by atoms with Crippen molar-refractivity contribution in [2.24, 2.45) is 0 Å². The van der Waals surface area contributed by atoms with E-state index in [0.29, 0.717) is 0 Å². The van der Waals surface area contributed by atoms with Crippen LogP contribution in [-0.2, 0) is 0 Å². The van der Waals surface area contributed by atoms with Crippen molar-refractivity contribution in [3.05, 3.63) is 60.2 Å². The van der Waals surface area contributed by atoms with Crippen molar-refractivity contribution in [2.45, 2.75) is 19.4 Å². The Morgan fingerprint density at radius 2 is 1.65 bits per heavy atom. The van der Waals surface area contributed by atoms with E-state index in [4.69, 9.17) is 4.74 Å². The number of phenols is 1. The smallest absolute Gasteiger partial charge is 0.127 e. The van der Waals surface area contributed by atoms with Gasteiger partial charge >= 0.3 is 0 Å². The van der Waals surface area contributed by atoms with Gasteiger partial charge in [-0.25, -0.2) is 0 Å². The second-order valence-corrected chi connectivity index (χ2v) is 3.89. The van der Waals surface area contributed by atoms with Crippen molar-refractivity contribution in [3.63, 3.8) is 0 Å². The van der Waals surface area contributed by atoms with Crippen LogP contribution in [0.3, 0.4) is 0 Å². The topological polar surface area (TPSA) is 29.5 Å². The first kappa shape index (κ1) is 11.5. The number of benzene rings is 2. The summed E-state index contributed by atoms with van der Waals surface area (Å²) in [4.78, 5) is 0. The van der Waals surface area contributed by atoms with E-state index < -0.39 is 0 Å². The van der Waals surface area contributed by atoms with E-state index in [1.165, 1.54) is 0 Å². The highest BCUT2D eigenvalue weighted by Gasteiger charge is 2.14. The zero-order valence-electron chi connectivity index (χ0n) is 9.84. The van der Waals surface area contributed by atoms with Gasteiger partial charge < -0.3 is 9.84 Å². The largest absolute Gasteiger partial charge is 0.508 e. The molecular weight excluding hydrogens is 212 g/mol. The lowest BCUT2D eigenvalue weighted by Crippen LogP contribution is -2.06. The zero-order chi connectivity index (χ0) is 12.1. The van der Waals surface area contributed by atoms with Gasteiger partial charge in [0.1, 0.15) is 17.6 Å².